The molecule has 1 saturated heterocycles. The van der Waals surface area contributed by atoms with Gasteiger partial charge in [-0.15, -0.1) is 0 Å². The predicted molar refractivity (Wildman–Crippen MR) is 144 cm³/mol. The molecular weight excluding hydrogens is 527 g/mol. The second-order valence-electron chi connectivity index (χ2n) is 10.1. The molecule has 9 nitrogen and oxygen atoms in total. The smallest absolute Gasteiger partial charge is 0.382 e. The highest BCUT2D eigenvalue weighted by Gasteiger charge is 2.38. The molecule has 1 amide bonds. The molecule has 2 aromatic carbocycles. The van der Waals surface area contributed by atoms with Gasteiger partial charge >= 0.3 is 6.18 Å². The van der Waals surface area contributed by atoms with Gasteiger partial charge in [0.05, 0.1) is 16.5 Å². The second-order valence-corrected chi connectivity index (χ2v) is 10.1. The standard InChI is InChI=1S/C28H30F3N5O4/c29-28(30,31)23-17-21(8-11-25(23)36(38)39)32-20-6-9-22(10-7-20)40-18-27(37)35-15-13-34(14-16-35)26-12-5-19-3-1-2-4-24(19)33-26/h1-5,8,11-12,17,20,22,32H,6-7,9-10,13-16,18H2/t20-,22-. The normalized spacial score (nSPS) is 20.0. The van der Waals surface area contributed by atoms with E-state index in [9.17, 15) is 28.1 Å². The van der Waals surface area contributed by atoms with Crippen molar-refractivity contribution in [3.8, 4) is 0 Å². The molecule has 40 heavy (non-hydrogen) atoms. The van der Waals surface area contributed by atoms with E-state index in [4.69, 9.17) is 9.72 Å². The van der Waals surface area contributed by atoms with Crippen molar-refractivity contribution in [3.05, 3.63) is 70.3 Å². The van der Waals surface area contributed by atoms with Crippen LogP contribution in [0, 0.1) is 10.1 Å². The molecule has 2 aliphatic rings. The molecule has 1 aromatic heterocycles. The summed E-state index contributed by atoms with van der Waals surface area (Å²) in [6.45, 7) is 2.54. The summed E-state index contributed by atoms with van der Waals surface area (Å²) in [7, 11) is 0. The number of pyridine rings is 1. The summed E-state index contributed by atoms with van der Waals surface area (Å²) in [4.78, 5) is 31.4. The van der Waals surface area contributed by atoms with Crippen LogP contribution in [0.15, 0.2) is 54.6 Å². The monoisotopic (exact) mass is 557 g/mol. The first kappa shape index (κ1) is 27.6. The minimum Gasteiger partial charge on any atom is -0.382 e. The molecule has 1 aliphatic carbocycles. The van der Waals surface area contributed by atoms with E-state index in [-0.39, 0.29) is 30.3 Å². The number of halogens is 3. The van der Waals surface area contributed by atoms with Crippen molar-refractivity contribution in [2.75, 3.05) is 43.0 Å². The van der Waals surface area contributed by atoms with Crippen LogP contribution in [0.2, 0.25) is 0 Å². The largest absolute Gasteiger partial charge is 0.423 e. The molecule has 212 valence electrons. The molecule has 1 saturated carbocycles. The van der Waals surface area contributed by atoms with Gasteiger partial charge in [-0.2, -0.15) is 13.2 Å². The maximum absolute atomic E-state index is 13.3. The van der Waals surface area contributed by atoms with Gasteiger partial charge in [-0.3, -0.25) is 14.9 Å². The number of para-hydroxylation sites is 1. The Hall–Kier alpha value is -3.93. The first-order chi connectivity index (χ1) is 19.2. The van der Waals surface area contributed by atoms with Gasteiger partial charge < -0.3 is 19.9 Å². The SMILES string of the molecule is O=C(CO[C@H]1CC[C@H](Nc2ccc([N+](=O)[O-])c(C(F)(F)F)c2)CC1)N1CCN(c2ccc3ccccc3n2)CC1. The van der Waals surface area contributed by atoms with E-state index in [0.29, 0.717) is 51.9 Å². The number of aromatic nitrogens is 1. The molecule has 0 bridgehead atoms. The second kappa shape index (κ2) is 11.7. The highest BCUT2D eigenvalue weighted by atomic mass is 19.4. The molecule has 3 aromatic rings. The quantitative estimate of drug-likeness (QED) is 0.313. The Bertz CT molecular complexity index is 1370. The number of anilines is 2. The average Bonchev–Trinajstić information content (AvgIpc) is 2.96. The summed E-state index contributed by atoms with van der Waals surface area (Å²) in [6.07, 6.45) is -2.31. The zero-order valence-electron chi connectivity index (χ0n) is 21.8. The Morgan fingerprint density at radius 1 is 1.02 bits per heavy atom. The van der Waals surface area contributed by atoms with Gasteiger partial charge in [0.2, 0.25) is 5.91 Å². The van der Waals surface area contributed by atoms with Crippen LogP contribution in [-0.2, 0) is 15.7 Å². The first-order valence-electron chi connectivity index (χ1n) is 13.3. The number of benzene rings is 2. The predicted octanol–water partition coefficient (Wildman–Crippen LogP) is 5.25. The van der Waals surface area contributed by atoms with E-state index in [1.54, 1.807) is 4.90 Å². The lowest BCUT2D eigenvalue weighted by molar-refractivity contribution is -0.388. The Morgan fingerprint density at radius 3 is 2.45 bits per heavy atom. The number of carbonyl (C=O) groups is 1. The van der Waals surface area contributed by atoms with Crippen molar-refractivity contribution in [2.45, 2.75) is 44.0 Å². The van der Waals surface area contributed by atoms with Gasteiger partial charge in [0, 0.05) is 49.4 Å². The van der Waals surface area contributed by atoms with E-state index in [2.05, 4.69) is 16.3 Å². The Kier molecular flexibility index (Phi) is 8.06. The third-order valence-corrected chi connectivity index (χ3v) is 7.53. The van der Waals surface area contributed by atoms with Gasteiger partial charge in [-0.05, 0) is 56.0 Å². The number of hydrogen-bond donors (Lipinski definition) is 1. The number of ether oxygens (including phenoxy) is 1. The fourth-order valence-corrected chi connectivity index (χ4v) is 5.32. The van der Waals surface area contributed by atoms with Gasteiger partial charge in [-0.1, -0.05) is 18.2 Å². The highest BCUT2D eigenvalue weighted by molar-refractivity contribution is 5.80. The number of nitro groups is 1. The minimum atomic E-state index is -4.82. The van der Waals surface area contributed by atoms with Crippen LogP contribution in [-0.4, -0.2) is 65.6 Å². The molecule has 1 aliphatic heterocycles. The van der Waals surface area contributed by atoms with Crippen LogP contribution in [0.4, 0.5) is 30.4 Å². The van der Waals surface area contributed by atoms with Crippen LogP contribution in [0.25, 0.3) is 10.9 Å². The molecule has 12 heteroatoms. The van der Waals surface area contributed by atoms with Crippen LogP contribution in [0.5, 0.6) is 0 Å². The van der Waals surface area contributed by atoms with Gasteiger partial charge in [-0.25, -0.2) is 4.98 Å². The van der Waals surface area contributed by atoms with Gasteiger partial charge in [0.25, 0.3) is 5.69 Å². The lowest BCUT2D eigenvalue weighted by Gasteiger charge is -2.36. The fraction of sp³-hybridized carbons (Fsp3) is 0.429. The van der Waals surface area contributed by atoms with Crippen molar-refractivity contribution >= 4 is 34.0 Å². The highest BCUT2D eigenvalue weighted by Crippen LogP contribution is 2.38. The number of carbonyl (C=O) groups excluding carboxylic acids is 1. The molecule has 5 rings (SSSR count). The van der Waals surface area contributed by atoms with Crippen LogP contribution in [0.1, 0.15) is 31.2 Å². The number of fused-ring (bicyclic) bond motifs is 1. The van der Waals surface area contributed by atoms with E-state index >= 15 is 0 Å². The molecular formula is C28H30F3N5O4. The van der Waals surface area contributed by atoms with Crippen molar-refractivity contribution in [3.63, 3.8) is 0 Å². The van der Waals surface area contributed by atoms with Gasteiger partial charge in [0.15, 0.2) is 0 Å². The molecule has 0 spiro atoms. The third kappa shape index (κ3) is 6.44. The lowest BCUT2D eigenvalue weighted by atomic mass is 9.92. The average molecular weight is 558 g/mol. The Labute approximate surface area is 229 Å². The summed E-state index contributed by atoms with van der Waals surface area (Å²) in [5.41, 5.74) is -1.11. The van der Waals surface area contributed by atoms with Gasteiger partial charge in [0.1, 0.15) is 18.0 Å². The molecule has 0 atom stereocenters. The molecule has 2 fully saturated rings. The number of rotatable bonds is 7. The number of hydrogen-bond acceptors (Lipinski definition) is 7. The van der Waals surface area contributed by atoms with Crippen molar-refractivity contribution < 1.29 is 27.6 Å². The fourth-order valence-electron chi connectivity index (χ4n) is 5.32. The summed E-state index contributed by atoms with van der Waals surface area (Å²) >= 11 is 0. The van der Waals surface area contributed by atoms with Crippen LogP contribution >= 0.6 is 0 Å². The molecule has 1 N–H and O–H groups in total. The Morgan fingerprint density at radius 2 is 1.75 bits per heavy atom. The number of nitrogens with zero attached hydrogens (tertiary/aromatic N) is 4. The van der Waals surface area contributed by atoms with Crippen LogP contribution in [0.3, 0.4) is 0 Å². The van der Waals surface area contributed by atoms with Crippen molar-refractivity contribution in [1.29, 1.82) is 0 Å². The van der Waals surface area contributed by atoms with Crippen molar-refractivity contribution in [2.24, 2.45) is 0 Å². The van der Waals surface area contributed by atoms with E-state index < -0.39 is 22.4 Å². The first-order valence-corrected chi connectivity index (χ1v) is 13.3. The molecule has 2 heterocycles. The summed E-state index contributed by atoms with van der Waals surface area (Å²) < 4.78 is 45.7. The topological polar surface area (TPSA) is 101 Å². The van der Waals surface area contributed by atoms with E-state index in [1.807, 2.05) is 30.3 Å². The van der Waals surface area contributed by atoms with E-state index in [0.717, 1.165) is 28.9 Å². The lowest BCUT2D eigenvalue weighted by Crippen LogP contribution is -2.50. The maximum atomic E-state index is 13.3. The maximum Gasteiger partial charge on any atom is 0.423 e. The summed E-state index contributed by atoms with van der Waals surface area (Å²) in [6, 6.07) is 14.9. The third-order valence-electron chi connectivity index (χ3n) is 7.53. The number of alkyl halides is 3. The van der Waals surface area contributed by atoms with Crippen molar-refractivity contribution in [1.82, 2.24) is 9.88 Å². The number of nitro benzene ring substituents is 1. The zero-order valence-corrected chi connectivity index (χ0v) is 21.8. The summed E-state index contributed by atoms with van der Waals surface area (Å²) in [5.74, 6) is 0.840. The number of amides is 1. The van der Waals surface area contributed by atoms with Crippen LogP contribution < -0.4 is 10.2 Å². The zero-order chi connectivity index (χ0) is 28.3. The Balaban J connectivity index is 1.05. The number of piperazine rings is 1. The number of nitrogens with one attached hydrogen (secondary N) is 1. The molecule has 0 unspecified atom stereocenters. The summed E-state index contributed by atoms with van der Waals surface area (Å²) in [5, 5.41) is 15.1. The molecule has 0 radical (unpaired) electrons. The minimum absolute atomic E-state index is 0.00567. The van der Waals surface area contributed by atoms with E-state index in [1.165, 1.54) is 6.07 Å².